The zero-order chi connectivity index (χ0) is 17.6. The lowest BCUT2D eigenvalue weighted by Crippen LogP contribution is -2.42. The number of halogens is 2. The van der Waals surface area contributed by atoms with E-state index in [2.05, 4.69) is 31.5 Å². The lowest BCUT2D eigenvalue weighted by molar-refractivity contribution is 0.0522. The molecule has 1 rings (SSSR count). The summed E-state index contributed by atoms with van der Waals surface area (Å²) in [6, 6.07) is 3.29. The van der Waals surface area contributed by atoms with Crippen LogP contribution in [0.25, 0.3) is 0 Å². The number of aliphatic hydroxyl groups excluding tert-OH is 1. The second-order valence-corrected chi connectivity index (χ2v) is 7.45. The lowest BCUT2D eigenvalue weighted by Gasteiger charge is -2.22. The summed E-state index contributed by atoms with van der Waals surface area (Å²) in [5, 5.41) is 16.3. The van der Waals surface area contributed by atoms with Crippen LogP contribution in [-0.4, -0.2) is 40.9 Å². The normalized spacial score (nSPS) is 14.2. The molecule has 0 aromatic carbocycles. The summed E-state index contributed by atoms with van der Waals surface area (Å²) in [5.74, 6) is 0. The number of aliphatic hydroxyl groups is 1. The number of amides is 1. The van der Waals surface area contributed by atoms with Crippen molar-refractivity contribution in [1.82, 2.24) is 15.6 Å². The number of nitrogens with one attached hydrogen (secondary N) is 2. The number of carbonyl (C=O) groups is 1. The molecule has 1 unspecified atom stereocenters. The highest BCUT2D eigenvalue weighted by Gasteiger charge is 2.17. The van der Waals surface area contributed by atoms with E-state index in [-0.39, 0.29) is 6.04 Å². The molecule has 0 saturated carbocycles. The van der Waals surface area contributed by atoms with E-state index in [0.29, 0.717) is 28.4 Å². The molecule has 23 heavy (non-hydrogen) atoms. The van der Waals surface area contributed by atoms with E-state index in [1.54, 1.807) is 12.1 Å². The van der Waals surface area contributed by atoms with E-state index in [1.165, 1.54) is 0 Å². The SMILES string of the molecule is C[C@@H](CNC(=O)OC(C)(C)C)NCC(O)c1cc(Cl)nc(Br)c1. The van der Waals surface area contributed by atoms with E-state index in [1.807, 2.05) is 27.7 Å². The average Bonchev–Trinajstić information content (AvgIpc) is 2.39. The molecule has 0 aliphatic heterocycles. The van der Waals surface area contributed by atoms with Crippen LogP contribution >= 0.6 is 27.5 Å². The van der Waals surface area contributed by atoms with E-state index in [0.717, 1.165) is 0 Å². The second-order valence-electron chi connectivity index (χ2n) is 6.25. The minimum Gasteiger partial charge on any atom is -0.444 e. The molecule has 0 spiro atoms. The van der Waals surface area contributed by atoms with Gasteiger partial charge in [0.05, 0.1) is 6.10 Å². The minimum absolute atomic E-state index is 0.0297. The Hall–Kier alpha value is -0.890. The monoisotopic (exact) mass is 407 g/mol. The molecule has 1 aromatic rings. The van der Waals surface area contributed by atoms with Crippen molar-refractivity contribution >= 4 is 33.6 Å². The van der Waals surface area contributed by atoms with Crippen molar-refractivity contribution in [3.05, 3.63) is 27.5 Å². The van der Waals surface area contributed by atoms with Crippen molar-refractivity contribution in [3.8, 4) is 0 Å². The van der Waals surface area contributed by atoms with Crippen LogP contribution in [0.15, 0.2) is 16.7 Å². The fourth-order valence-electron chi connectivity index (χ4n) is 1.73. The molecule has 130 valence electrons. The molecule has 0 saturated heterocycles. The van der Waals surface area contributed by atoms with Crippen LogP contribution in [0.5, 0.6) is 0 Å². The summed E-state index contributed by atoms with van der Waals surface area (Å²) in [6.45, 7) is 8.04. The van der Waals surface area contributed by atoms with Crippen LogP contribution in [0.4, 0.5) is 4.79 Å². The number of carbonyl (C=O) groups excluding carboxylic acids is 1. The van der Waals surface area contributed by atoms with Crippen LogP contribution in [0.1, 0.15) is 39.4 Å². The van der Waals surface area contributed by atoms with Gasteiger partial charge in [0.2, 0.25) is 0 Å². The van der Waals surface area contributed by atoms with Gasteiger partial charge in [0.1, 0.15) is 15.4 Å². The van der Waals surface area contributed by atoms with E-state index < -0.39 is 17.8 Å². The molecule has 2 atom stereocenters. The summed E-state index contributed by atoms with van der Waals surface area (Å²) in [5.41, 5.74) is 0.141. The molecule has 0 aliphatic carbocycles. The Morgan fingerprint density at radius 3 is 2.65 bits per heavy atom. The van der Waals surface area contributed by atoms with Crippen molar-refractivity contribution in [2.24, 2.45) is 0 Å². The lowest BCUT2D eigenvalue weighted by atomic mass is 10.1. The maximum Gasteiger partial charge on any atom is 0.407 e. The average molecular weight is 409 g/mol. The van der Waals surface area contributed by atoms with Gasteiger partial charge in [-0.3, -0.25) is 0 Å². The topological polar surface area (TPSA) is 83.5 Å². The van der Waals surface area contributed by atoms with E-state index >= 15 is 0 Å². The summed E-state index contributed by atoms with van der Waals surface area (Å²) < 4.78 is 5.72. The third-order valence-electron chi connectivity index (χ3n) is 2.78. The van der Waals surface area contributed by atoms with Crippen molar-refractivity contribution in [2.75, 3.05) is 13.1 Å². The number of ether oxygens (including phenoxy) is 1. The van der Waals surface area contributed by atoms with E-state index in [9.17, 15) is 9.90 Å². The van der Waals surface area contributed by atoms with Gasteiger partial charge in [0.15, 0.2) is 0 Å². The van der Waals surface area contributed by atoms with Gasteiger partial charge in [0, 0.05) is 19.1 Å². The molecule has 0 fully saturated rings. The Morgan fingerprint density at radius 1 is 1.43 bits per heavy atom. The van der Waals surface area contributed by atoms with Gasteiger partial charge in [0.25, 0.3) is 0 Å². The third kappa shape index (κ3) is 8.50. The second kappa shape index (κ2) is 8.82. The molecular weight excluding hydrogens is 386 g/mol. The molecule has 1 heterocycles. The van der Waals surface area contributed by atoms with Crippen molar-refractivity contribution < 1.29 is 14.6 Å². The number of aromatic nitrogens is 1. The molecule has 8 heteroatoms. The summed E-state index contributed by atoms with van der Waals surface area (Å²) in [7, 11) is 0. The Labute approximate surface area is 150 Å². The zero-order valence-electron chi connectivity index (χ0n) is 13.7. The number of rotatable bonds is 6. The summed E-state index contributed by atoms with van der Waals surface area (Å²) >= 11 is 9.10. The highest BCUT2D eigenvalue weighted by atomic mass is 79.9. The summed E-state index contributed by atoms with van der Waals surface area (Å²) in [4.78, 5) is 15.5. The fraction of sp³-hybridized carbons (Fsp3) is 0.600. The van der Waals surface area contributed by atoms with Gasteiger partial charge in [-0.05, 0) is 61.3 Å². The maximum atomic E-state index is 11.6. The van der Waals surface area contributed by atoms with Gasteiger partial charge in [-0.2, -0.15) is 0 Å². The predicted octanol–water partition coefficient (Wildman–Crippen LogP) is 3.03. The molecule has 0 aliphatic rings. The zero-order valence-corrected chi connectivity index (χ0v) is 16.0. The fourth-order valence-corrected chi connectivity index (χ4v) is 2.50. The van der Waals surface area contributed by atoms with Gasteiger partial charge in [-0.25, -0.2) is 9.78 Å². The first-order chi connectivity index (χ1) is 10.6. The first-order valence-electron chi connectivity index (χ1n) is 7.28. The first-order valence-corrected chi connectivity index (χ1v) is 8.45. The molecule has 0 bridgehead atoms. The Balaban J connectivity index is 2.38. The summed E-state index contributed by atoms with van der Waals surface area (Å²) in [6.07, 6.45) is -1.19. The van der Waals surface area contributed by atoms with Crippen molar-refractivity contribution in [1.29, 1.82) is 0 Å². The van der Waals surface area contributed by atoms with Crippen LogP contribution < -0.4 is 10.6 Å². The highest BCUT2D eigenvalue weighted by Crippen LogP contribution is 2.20. The van der Waals surface area contributed by atoms with Crippen molar-refractivity contribution in [3.63, 3.8) is 0 Å². The molecule has 1 aromatic heterocycles. The Kier molecular flexibility index (Phi) is 7.73. The first kappa shape index (κ1) is 20.2. The molecule has 1 amide bonds. The van der Waals surface area contributed by atoms with Crippen LogP contribution in [-0.2, 0) is 4.74 Å². The third-order valence-corrected chi connectivity index (χ3v) is 3.38. The number of alkyl carbamates (subject to hydrolysis) is 1. The maximum absolute atomic E-state index is 11.6. The Bertz CT molecular complexity index is 517. The van der Waals surface area contributed by atoms with Gasteiger partial charge < -0.3 is 20.5 Å². The number of nitrogens with zero attached hydrogens (tertiary/aromatic N) is 1. The highest BCUT2D eigenvalue weighted by molar-refractivity contribution is 9.10. The molecule has 6 nitrogen and oxygen atoms in total. The predicted molar refractivity (Wildman–Crippen MR) is 93.6 cm³/mol. The molecule has 0 radical (unpaired) electrons. The van der Waals surface area contributed by atoms with Crippen LogP contribution in [0, 0.1) is 0 Å². The van der Waals surface area contributed by atoms with Crippen molar-refractivity contribution in [2.45, 2.75) is 45.4 Å². The molecular formula is C15H23BrClN3O3. The van der Waals surface area contributed by atoms with Crippen LogP contribution in [0.2, 0.25) is 5.15 Å². The smallest absolute Gasteiger partial charge is 0.407 e. The number of hydrogen-bond donors (Lipinski definition) is 3. The quantitative estimate of drug-likeness (QED) is 0.630. The molecule has 3 N–H and O–H groups in total. The Morgan fingerprint density at radius 2 is 2.09 bits per heavy atom. The van der Waals surface area contributed by atoms with Gasteiger partial charge >= 0.3 is 6.09 Å². The standard InChI is InChI=1S/C15H23BrClN3O3/c1-9(7-19-14(22)23-15(2,3)4)18-8-11(21)10-5-12(16)20-13(17)6-10/h5-6,9,11,18,21H,7-8H2,1-4H3,(H,19,22)/t9-,11?/m0/s1. The largest absolute Gasteiger partial charge is 0.444 e. The number of hydrogen-bond acceptors (Lipinski definition) is 5. The van der Waals surface area contributed by atoms with E-state index in [4.69, 9.17) is 16.3 Å². The van der Waals surface area contributed by atoms with Crippen LogP contribution in [0.3, 0.4) is 0 Å². The van der Waals surface area contributed by atoms with Gasteiger partial charge in [-0.15, -0.1) is 0 Å². The number of pyridine rings is 1. The minimum atomic E-state index is -0.726. The van der Waals surface area contributed by atoms with Gasteiger partial charge in [-0.1, -0.05) is 11.6 Å².